The van der Waals surface area contributed by atoms with Crippen molar-refractivity contribution in [3.8, 4) is 0 Å². The Balaban J connectivity index is 3.61. The van der Waals surface area contributed by atoms with Gasteiger partial charge < -0.3 is 16.2 Å². The van der Waals surface area contributed by atoms with Crippen LogP contribution in [0.5, 0.6) is 0 Å². The van der Waals surface area contributed by atoms with E-state index in [0.717, 1.165) is 19.3 Å². The SMILES string of the molecule is CCCCC(CCO)NC(N)=O. The minimum absolute atomic E-state index is 0.0347. The summed E-state index contributed by atoms with van der Waals surface area (Å²) in [5.41, 5.74) is 4.96. The van der Waals surface area contributed by atoms with Gasteiger partial charge in [0.05, 0.1) is 0 Å². The molecule has 0 saturated heterocycles. The van der Waals surface area contributed by atoms with Crippen LogP contribution in [0.2, 0.25) is 0 Å². The van der Waals surface area contributed by atoms with E-state index < -0.39 is 6.03 Å². The molecule has 0 bridgehead atoms. The number of rotatable bonds is 6. The van der Waals surface area contributed by atoms with Crippen molar-refractivity contribution in [2.45, 2.75) is 38.6 Å². The molecule has 0 rings (SSSR count). The molecule has 0 spiro atoms. The molecule has 72 valence electrons. The first-order chi connectivity index (χ1) is 5.70. The van der Waals surface area contributed by atoms with Gasteiger partial charge in [0.2, 0.25) is 0 Å². The molecule has 2 amide bonds. The van der Waals surface area contributed by atoms with Gasteiger partial charge in [-0.2, -0.15) is 0 Å². The van der Waals surface area contributed by atoms with Gasteiger partial charge >= 0.3 is 6.03 Å². The van der Waals surface area contributed by atoms with E-state index in [1.807, 2.05) is 0 Å². The highest BCUT2D eigenvalue weighted by Gasteiger charge is 2.08. The van der Waals surface area contributed by atoms with Crippen molar-refractivity contribution >= 4 is 6.03 Å². The number of nitrogens with two attached hydrogens (primary N) is 1. The van der Waals surface area contributed by atoms with Crippen LogP contribution in [0.4, 0.5) is 4.79 Å². The summed E-state index contributed by atoms with van der Waals surface area (Å²) in [4.78, 5) is 10.5. The first-order valence-corrected chi connectivity index (χ1v) is 4.37. The van der Waals surface area contributed by atoms with Crippen LogP contribution in [0.1, 0.15) is 32.6 Å². The van der Waals surface area contributed by atoms with Crippen molar-refractivity contribution in [2.75, 3.05) is 6.61 Å². The van der Waals surface area contributed by atoms with Gasteiger partial charge in [-0.25, -0.2) is 4.79 Å². The lowest BCUT2D eigenvalue weighted by atomic mass is 10.1. The Labute approximate surface area is 73.1 Å². The highest BCUT2D eigenvalue weighted by atomic mass is 16.3. The molecule has 4 N–H and O–H groups in total. The Morgan fingerprint density at radius 1 is 1.58 bits per heavy atom. The second-order valence-electron chi connectivity index (χ2n) is 2.86. The Bertz CT molecular complexity index is 128. The standard InChI is InChI=1S/C8H18N2O2/c1-2-3-4-7(5-6-11)10-8(9)12/h7,11H,2-6H2,1H3,(H3,9,10,12). The van der Waals surface area contributed by atoms with E-state index in [1.54, 1.807) is 0 Å². The molecule has 0 heterocycles. The van der Waals surface area contributed by atoms with Crippen molar-refractivity contribution < 1.29 is 9.90 Å². The summed E-state index contributed by atoms with van der Waals surface area (Å²) >= 11 is 0. The monoisotopic (exact) mass is 174 g/mol. The summed E-state index contributed by atoms with van der Waals surface area (Å²) in [5.74, 6) is 0. The van der Waals surface area contributed by atoms with Crippen molar-refractivity contribution in [3.05, 3.63) is 0 Å². The van der Waals surface area contributed by atoms with E-state index in [1.165, 1.54) is 0 Å². The zero-order chi connectivity index (χ0) is 9.40. The van der Waals surface area contributed by atoms with Crippen LogP contribution in [0.15, 0.2) is 0 Å². The normalized spacial score (nSPS) is 12.5. The predicted molar refractivity (Wildman–Crippen MR) is 47.7 cm³/mol. The zero-order valence-electron chi connectivity index (χ0n) is 7.55. The second kappa shape index (κ2) is 6.91. The van der Waals surface area contributed by atoms with E-state index in [0.29, 0.717) is 6.42 Å². The zero-order valence-corrected chi connectivity index (χ0v) is 7.55. The number of primary amides is 1. The molecule has 1 unspecified atom stereocenters. The van der Waals surface area contributed by atoms with Gasteiger partial charge in [-0.05, 0) is 12.8 Å². The number of carbonyl (C=O) groups is 1. The summed E-state index contributed by atoms with van der Waals surface area (Å²) in [5, 5.41) is 11.3. The maximum atomic E-state index is 10.5. The number of unbranched alkanes of at least 4 members (excludes halogenated alkanes) is 1. The van der Waals surface area contributed by atoms with Gasteiger partial charge in [-0.3, -0.25) is 0 Å². The van der Waals surface area contributed by atoms with Gasteiger partial charge in [-0.15, -0.1) is 0 Å². The molecule has 0 aliphatic rings. The van der Waals surface area contributed by atoms with E-state index in [9.17, 15) is 4.79 Å². The van der Waals surface area contributed by atoms with E-state index >= 15 is 0 Å². The fraction of sp³-hybridized carbons (Fsp3) is 0.875. The van der Waals surface area contributed by atoms with Gasteiger partial charge in [0.1, 0.15) is 0 Å². The van der Waals surface area contributed by atoms with Crippen molar-refractivity contribution in [1.82, 2.24) is 5.32 Å². The lowest BCUT2D eigenvalue weighted by Crippen LogP contribution is -2.39. The maximum absolute atomic E-state index is 10.5. The Morgan fingerprint density at radius 2 is 2.25 bits per heavy atom. The molecule has 4 nitrogen and oxygen atoms in total. The van der Waals surface area contributed by atoms with Crippen LogP contribution >= 0.6 is 0 Å². The third-order valence-electron chi connectivity index (χ3n) is 1.73. The van der Waals surface area contributed by atoms with Crippen LogP contribution in [-0.4, -0.2) is 23.8 Å². The second-order valence-corrected chi connectivity index (χ2v) is 2.86. The van der Waals surface area contributed by atoms with E-state index in [2.05, 4.69) is 12.2 Å². The van der Waals surface area contributed by atoms with Crippen molar-refractivity contribution in [1.29, 1.82) is 0 Å². The number of aliphatic hydroxyl groups is 1. The highest BCUT2D eigenvalue weighted by molar-refractivity contribution is 5.71. The minimum atomic E-state index is -0.510. The molecule has 0 saturated carbocycles. The third-order valence-corrected chi connectivity index (χ3v) is 1.73. The third kappa shape index (κ3) is 5.97. The quantitative estimate of drug-likeness (QED) is 0.551. The van der Waals surface area contributed by atoms with Crippen LogP contribution in [0.25, 0.3) is 0 Å². The van der Waals surface area contributed by atoms with Crippen LogP contribution in [0, 0.1) is 0 Å². The van der Waals surface area contributed by atoms with E-state index in [-0.39, 0.29) is 12.6 Å². The number of urea groups is 1. The molecule has 0 aromatic rings. The molecule has 0 aliphatic heterocycles. The van der Waals surface area contributed by atoms with Crippen molar-refractivity contribution in [2.24, 2.45) is 5.73 Å². The fourth-order valence-electron chi connectivity index (χ4n) is 1.10. The predicted octanol–water partition coefficient (Wildman–Crippen LogP) is 0.596. The van der Waals surface area contributed by atoms with E-state index in [4.69, 9.17) is 10.8 Å². The average Bonchev–Trinajstić information content (AvgIpc) is 2.00. The lowest BCUT2D eigenvalue weighted by molar-refractivity contribution is 0.233. The average molecular weight is 174 g/mol. The number of amides is 2. The number of hydrogen-bond donors (Lipinski definition) is 3. The fourth-order valence-corrected chi connectivity index (χ4v) is 1.10. The molecular weight excluding hydrogens is 156 g/mol. The molecular formula is C8H18N2O2. The molecule has 0 aliphatic carbocycles. The molecule has 0 aromatic heterocycles. The summed E-state index contributed by atoms with van der Waals surface area (Å²) in [6, 6.07) is -0.475. The number of aliphatic hydroxyl groups excluding tert-OH is 1. The summed E-state index contributed by atoms with van der Waals surface area (Å²) < 4.78 is 0. The Hall–Kier alpha value is -0.770. The minimum Gasteiger partial charge on any atom is -0.396 e. The summed E-state index contributed by atoms with van der Waals surface area (Å²) in [6.07, 6.45) is 3.61. The van der Waals surface area contributed by atoms with Crippen LogP contribution in [0.3, 0.4) is 0 Å². The largest absolute Gasteiger partial charge is 0.396 e. The molecule has 12 heavy (non-hydrogen) atoms. The van der Waals surface area contributed by atoms with Crippen LogP contribution in [-0.2, 0) is 0 Å². The molecule has 0 aromatic carbocycles. The Morgan fingerprint density at radius 3 is 2.67 bits per heavy atom. The number of hydrogen-bond acceptors (Lipinski definition) is 2. The molecule has 0 fully saturated rings. The first-order valence-electron chi connectivity index (χ1n) is 4.37. The topological polar surface area (TPSA) is 75.3 Å². The number of carbonyl (C=O) groups excluding carboxylic acids is 1. The van der Waals surface area contributed by atoms with Gasteiger partial charge in [0, 0.05) is 12.6 Å². The summed E-state index contributed by atoms with van der Waals surface area (Å²) in [6.45, 7) is 2.18. The van der Waals surface area contributed by atoms with Gasteiger partial charge in [-0.1, -0.05) is 19.8 Å². The maximum Gasteiger partial charge on any atom is 0.312 e. The molecule has 4 heteroatoms. The Kier molecular flexibility index (Phi) is 6.47. The van der Waals surface area contributed by atoms with Crippen LogP contribution < -0.4 is 11.1 Å². The highest BCUT2D eigenvalue weighted by Crippen LogP contribution is 2.03. The van der Waals surface area contributed by atoms with Gasteiger partial charge in [0.25, 0.3) is 0 Å². The molecule has 0 radical (unpaired) electrons. The van der Waals surface area contributed by atoms with Gasteiger partial charge in [0.15, 0.2) is 0 Å². The lowest BCUT2D eigenvalue weighted by Gasteiger charge is -2.15. The first kappa shape index (κ1) is 11.2. The smallest absolute Gasteiger partial charge is 0.312 e. The summed E-state index contributed by atoms with van der Waals surface area (Å²) in [7, 11) is 0. The van der Waals surface area contributed by atoms with Crippen molar-refractivity contribution in [3.63, 3.8) is 0 Å². The molecule has 1 atom stereocenters. The number of nitrogens with one attached hydrogen (secondary N) is 1.